The average molecular weight is 472 g/mol. The van der Waals surface area contributed by atoms with E-state index in [0.29, 0.717) is 11.4 Å². The number of hydrogen-bond donors (Lipinski definition) is 2. The van der Waals surface area contributed by atoms with Crippen molar-refractivity contribution in [1.29, 1.82) is 0 Å². The predicted octanol–water partition coefficient (Wildman–Crippen LogP) is 5.03. The number of aromatic nitrogens is 3. The van der Waals surface area contributed by atoms with Crippen LogP contribution in [0.15, 0.2) is 61.1 Å². The number of hydrogen-bond acceptors (Lipinski definition) is 6. The van der Waals surface area contributed by atoms with E-state index in [-0.39, 0.29) is 22.7 Å². The Hall–Kier alpha value is -3.30. The van der Waals surface area contributed by atoms with Crippen molar-refractivity contribution in [2.45, 2.75) is 13.0 Å². The van der Waals surface area contributed by atoms with Gasteiger partial charge >= 0.3 is 0 Å². The quantitative estimate of drug-likeness (QED) is 0.383. The number of fused-ring (bicyclic) bond motifs is 1. The van der Waals surface area contributed by atoms with Crippen LogP contribution in [0, 0.1) is 5.82 Å². The molecule has 0 bridgehead atoms. The molecule has 164 valence electrons. The van der Waals surface area contributed by atoms with Gasteiger partial charge in [-0.15, -0.1) is 0 Å². The lowest BCUT2D eigenvalue weighted by atomic mass is 10.0. The summed E-state index contributed by atoms with van der Waals surface area (Å²) in [5.41, 5.74) is 3.29. The Kier molecular flexibility index (Phi) is 5.94. The van der Waals surface area contributed by atoms with Crippen LogP contribution in [-0.2, 0) is 10.0 Å². The van der Waals surface area contributed by atoms with Crippen molar-refractivity contribution in [2.75, 3.05) is 16.3 Å². The van der Waals surface area contributed by atoms with E-state index >= 15 is 0 Å². The molecule has 0 aliphatic carbocycles. The summed E-state index contributed by atoms with van der Waals surface area (Å²) >= 11 is 6.04. The van der Waals surface area contributed by atoms with Gasteiger partial charge in [-0.05, 0) is 48.4 Å². The Morgan fingerprint density at radius 2 is 1.75 bits per heavy atom. The number of rotatable bonds is 6. The third-order valence-corrected chi connectivity index (χ3v) is 5.72. The molecule has 0 saturated heterocycles. The molecule has 0 spiro atoms. The van der Waals surface area contributed by atoms with Crippen LogP contribution in [0.3, 0.4) is 0 Å². The molecule has 2 N–H and O–H groups in total. The second-order valence-corrected chi connectivity index (χ2v) is 9.41. The van der Waals surface area contributed by atoms with E-state index in [0.717, 1.165) is 28.3 Å². The normalized spacial score (nSPS) is 12.5. The Balaban J connectivity index is 1.71. The van der Waals surface area contributed by atoms with Crippen LogP contribution in [-0.4, -0.2) is 29.6 Å². The molecule has 0 aliphatic rings. The molecule has 0 unspecified atom stereocenters. The topological polar surface area (TPSA) is 96.9 Å². The first-order valence-corrected chi connectivity index (χ1v) is 11.9. The van der Waals surface area contributed by atoms with E-state index in [1.807, 2.05) is 25.1 Å². The monoisotopic (exact) mass is 471 g/mol. The van der Waals surface area contributed by atoms with Crippen LogP contribution < -0.4 is 10.0 Å². The van der Waals surface area contributed by atoms with E-state index in [9.17, 15) is 12.8 Å². The van der Waals surface area contributed by atoms with Crippen LogP contribution in [0.25, 0.3) is 22.0 Å². The average Bonchev–Trinajstić information content (AvgIpc) is 2.75. The van der Waals surface area contributed by atoms with Crippen molar-refractivity contribution in [2.24, 2.45) is 0 Å². The van der Waals surface area contributed by atoms with Crippen molar-refractivity contribution in [3.8, 4) is 11.1 Å². The van der Waals surface area contributed by atoms with E-state index in [2.05, 4.69) is 25.0 Å². The summed E-state index contributed by atoms with van der Waals surface area (Å²) < 4.78 is 38.8. The molecule has 4 aromatic rings. The van der Waals surface area contributed by atoms with Crippen molar-refractivity contribution in [3.05, 3.63) is 77.6 Å². The third kappa shape index (κ3) is 4.95. The van der Waals surface area contributed by atoms with Crippen molar-refractivity contribution < 1.29 is 12.8 Å². The number of pyridine rings is 1. The lowest BCUT2D eigenvalue weighted by molar-refractivity contribution is 0.606. The molecule has 32 heavy (non-hydrogen) atoms. The lowest BCUT2D eigenvalue weighted by Crippen LogP contribution is -2.10. The van der Waals surface area contributed by atoms with Gasteiger partial charge in [-0.25, -0.2) is 27.8 Å². The lowest BCUT2D eigenvalue weighted by Gasteiger charge is -2.16. The number of anilines is 2. The molecular formula is C22H19ClFN5O2S. The molecule has 4 rings (SSSR count). The fraction of sp³-hybridized carbons (Fsp3) is 0.136. The zero-order valence-electron chi connectivity index (χ0n) is 17.2. The molecule has 0 fully saturated rings. The van der Waals surface area contributed by atoms with Gasteiger partial charge in [0.2, 0.25) is 10.0 Å². The van der Waals surface area contributed by atoms with Crippen LogP contribution >= 0.6 is 11.6 Å². The highest BCUT2D eigenvalue weighted by atomic mass is 35.5. The predicted molar refractivity (Wildman–Crippen MR) is 125 cm³/mol. The third-order valence-electron chi connectivity index (χ3n) is 4.83. The number of sulfonamides is 1. The first kappa shape index (κ1) is 21.9. The number of halogens is 2. The van der Waals surface area contributed by atoms with Gasteiger partial charge in [0.05, 0.1) is 17.5 Å². The summed E-state index contributed by atoms with van der Waals surface area (Å²) in [6.07, 6.45) is 4.08. The first-order valence-electron chi connectivity index (χ1n) is 9.60. The van der Waals surface area contributed by atoms with Gasteiger partial charge in [-0.2, -0.15) is 0 Å². The summed E-state index contributed by atoms with van der Waals surface area (Å²) in [5.74, 6) is 0.324. The minimum Gasteiger partial charge on any atom is -0.363 e. The Morgan fingerprint density at radius 3 is 2.47 bits per heavy atom. The van der Waals surface area contributed by atoms with E-state index in [4.69, 9.17) is 11.6 Å². The Labute approximate surface area is 189 Å². The largest absolute Gasteiger partial charge is 0.363 e. The van der Waals surface area contributed by atoms with Crippen molar-refractivity contribution in [3.63, 3.8) is 0 Å². The smallest absolute Gasteiger partial charge is 0.229 e. The van der Waals surface area contributed by atoms with Gasteiger partial charge in [0, 0.05) is 23.2 Å². The molecule has 2 aromatic carbocycles. The zero-order valence-corrected chi connectivity index (χ0v) is 18.7. The van der Waals surface area contributed by atoms with Crippen molar-refractivity contribution >= 4 is 44.0 Å². The second kappa shape index (κ2) is 8.68. The standard InChI is InChI=1S/C22H19ClFN5O2S/c1-13(14-3-6-17(24)7-4-14)28-22-18-9-15(5-8-19(18)26-12-27-22)16-10-20(21(23)25-11-16)29-32(2,30)31/h3-13,29H,1-2H3,(H,26,27,28)/t13-/m0/s1. The minimum atomic E-state index is -3.51. The summed E-state index contributed by atoms with van der Waals surface area (Å²) in [6, 6.07) is 13.4. The number of nitrogens with one attached hydrogen (secondary N) is 2. The van der Waals surface area contributed by atoms with Crippen LogP contribution in [0.4, 0.5) is 15.9 Å². The van der Waals surface area contributed by atoms with Gasteiger partial charge in [-0.1, -0.05) is 29.8 Å². The Morgan fingerprint density at radius 1 is 1.00 bits per heavy atom. The van der Waals surface area contributed by atoms with Gasteiger partial charge in [-0.3, -0.25) is 4.72 Å². The van der Waals surface area contributed by atoms with E-state index < -0.39 is 10.0 Å². The molecule has 0 radical (unpaired) electrons. The first-order chi connectivity index (χ1) is 15.2. The maximum absolute atomic E-state index is 13.2. The SMILES string of the molecule is C[C@H](Nc1ncnc2ccc(-c3cnc(Cl)c(NS(C)(=O)=O)c3)cc12)c1ccc(F)cc1. The molecule has 0 saturated carbocycles. The molecule has 2 heterocycles. The van der Waals surface area contributed by atoms with Crippen LogP contribution in [0.2, 0.25) is 5.15 Å². The maximum atomic E-state index is 13.2. The number of benzene rings is 2. The molecule has 10 heteroatoms. The molecule has 2 aromatic heterocycles. The summed E-state index contributed by atoms with van der Waals surface area (Å²) in [6.45, 7) is 1.96. The highest BCUT2D eigenvalue weighted by Gasteiger charge is 2.13. The molecule has 0 amide bonds. The van der Waals surface area contributed by atoms with Crippen molar-refractivity contribution in [1.82, 2.24) is 15.0 Å². The van der Waals surface area contributed by atoms with E-state index in [1.54, 1.807) is 24.4 Å². The fourth-order valence-corrected chi connectivity index (χ4v) is 4.03. The van der Waals surface area contributed by atoms with Crippen LogP contribution in [0.1, 0.15) is 18.5 Å². The maximum Gasteiger partial charge on any atom is 0.229 e. The molecular weight excluding hydrogens is 453 g/mol. The molecule has 7 nitrogen and oxygen atoms in total. The Bertz CT molecular complexity index is 1400. The van der Waals surface area contributed by atoms with Gasteiger partial charge in [0.25, 0.3) is 0 Å². The summed E-state index contributed by atoms with van der Waals surface area (Å²) in [5, 5.41) is 4.17. The fourth-order valence-electron chi connectivity index (χ4n) is 3.27. The highest BCUT2D eigenvalue weighted by Crippen LogP contribution is 2.31. The zero-order chi connectivity index (χ0) is 22.9. The number of nitrogens with zero attached hydrogens (tertiary/aromatic N) is 3. The van der Waals surface area contributed by atoms with Gasteiger partial charge in [0.15, 0.2) is 5.15 Å². The minimum absolute atomic E-state index is 0.0544. The van der Waals surface area contributed by atoms with E-state index in [1.165, 1.54) is 18.5 Å². The summed E-state index contributed by atoms with van der Waals surface area (Å²) in [7, 11) is -3.51. The molecule has 0 aliphatic heterocycles. The molecule has 1 atom stereocenters. The second-order valence-electron chi connectivity index (χ2n) is 7.31. The van der Waals surface area contributed by atoms with Gasteiger partial charge < -0.3 is 5.32 Å². The van der Waals surface area contributed by atoms with Gasteiger partial charge in [0.1, 0.15) is 18.0 Å². The summed E-state index contributed by atoms with van der Waals surface area (Å²) in [4.78, 5) is 12.8. The van der Waals surface area contributed by atoms with Crippen LogP contribution in [0.5, 0.6) is 0 Å². The highest BCUT2D eigenvalue weighted by molar-refractivity contribution is 7.92.